The molecule has 0 aliphatic heterocycles. The summed E-state index contributed by atoms with van der Waals surface area (Å²) in [5.41, 5.74) is 9.66. The Bertz CT molecular complexity index is 2720. The molecule has 0 saturated carbocycles. The first-order chi connectivity index (χ1) is 22.3. The Morgan fingerprint density at radius 1 is 0.311 bits per heavy atom. The van der Waals surface area contributed by atoms with E-state index in [1.807, 2.05) is 11.3 Å². The van der Waals surface area contributed by atoms with E-state index in [1.54, 1.807) is 0 Å². The standard InChI is InChI=1S/C42H26N2S/c1-5-16-37-31(12-1)32-13-2-6-17-38(32)43(37)29-11-9-10-27(24-29)28-20-22-34-33-14-3-7-18-39(33)44(40(34)25-28)30-21-23-36-35-15-4-8-19-41(35)45-42(36)26-30/h1-26H. The van der Waals surface area contributed by atoms with Gasteiger partial charge in [-0.25, -0.2) is 0 Å². The van der Waals surface area contributed by atoms with Crippen LogP contribution >= 0.6 is 11.3 Å². The van der Waals surface area contributed by atoms with Crippen molar-refractivity contribution in [2.24, 2.45) is 0 Å². The molecule has 210 valence electrons. The third-order valence-corrected chi connectivity index (χ3v) is 10.4. The van der Waals surface area contributed by atoms with E-state index in [9.17, 15) is 0 Å². The second-order valence-electron chi connectivity index (χ2n) is 11.8. The van der Waals surface area contributed by atoms with Crippen molar-refractivity contribution in [3.63, 3.8) is 0 Å². The molecule has 0 unspecified atom stereocenters. The van der Waals surface area contributed by atoms with Crippen molar-refractivity contribution in [3.8, 4) is 22.5 Å². The molecule has 2 nitrogen and oxygen atoms in total. The number of para-hydroxylation sites is 3. The first-order valence-electron chi connectivity index (χ1n) is 15.4. The van der Waals surface area contributed by atoms with Gasteiger partial charge in [-0.1, -0.05) is 103 Å². The molecule has 3 heterocycles. The van der Waals surface area contributed by atoms with Gasteiger partial charge in [0.1, 0.15) is 0 Å². The van der Waals surface area contributed by atoms with Crippen LogP contribution in [0.3, 0.4) is 0 Å². The van der Waals surface area contributed by atoms with Crippen LogP contribution < -0.4 is 0 Å². The number of benzene rings is 7. The Hall–Kier alpha value is -5.64. The fourth-order valence-corrected chi connectivity index (χ4v) is 8.45. The molecule has 0 fully saturated rings. The Kier molecular flexibility index (Phi) is 5.19. The Morgan fingerprint density at radius 3 is 1.53 bits per heavy atom. The fourth-order valence-electron chi connectivity index (χ4n) is 7.31. The summed E-state index contributed by atoms with van der Waals surface area (Å²) >= 11 is 1.87. The number of thiophene rings is 1. The number of rotatable bonds is 3. The van der Waals surface area contributed by atoms with Crippen molar-refractivity contribution in [1.29, 1.82) is 0 Å². The number of fused-ring (bicyclic) bond motifs is 9. The van der Waals surface area contributed by atoms with Crippen LogP contribution in [0.2, 0.25) is 0 Å². The molecular formula is C42H26N2S. The average molecular weight is 591 g/mol. The SMILES string of the molecule is c1cc(-c2ccc3c4ccccc4n(-c4ccc5c(c4)sc4ccccc45)c3c2)cc(-n2c3ccccc3c3ccccc32)c1. The van der Waals surface area contributed by atoms with Gasteiger partial charge in [0.25, 0.3) is 0 Å². The van der Waals surface area contributed by atoms with Gasteiger partial charge in [0.2, 0.25) is 0 Å². The van der Waals surface area contributed by atoms with Crippen molar-refractivity contribution in [2.45, 2.75) is 0 Å². The molecule has 0 amide bonds. The van der Waals surface area contributed by atoms with Crippen molar-refractivity contribution in [2.75, 3.05) is 0 Å². The molecule has 3 aromatic heterocycles. The summed E-state index contributed by atoms with van der Waals surface area (Å²) in [4.78, 5) is 0. The zero-order valence-corrected chi connectivity index (χ0v) is 25.1. The van der Waals surface area contributed by atoms with E-state index in [2.05, 4.69) is 167 Å². The van der Waals surface area contributed by atoms with E-state index in [0.29, 0.717) is 0 Å². The van der Waals surface area contributed by atoms with Crippen LogP contribution in [0.1, 0.15) is 0 Å². The van der Waals surface area contributed by atoms with Gasteiger partial charge in [-0.2, -0.15) is 0 Å². The lowest BCUT2D eigenvalue weighted by atomic mass is 10.0. The molecule has 10 rings (SSSR count). The van der Waals surface area contributed by atoms with Gasteiger partial charge >= 0.3 is 0 Å². The first-order valence-corrected chi connectivity index (χ1v) is 16.2. The van der Waals surface area contributed by atoms with Crippen LogP contribution in [0.25, 0.3) is 86.3 Å². The normalized spacial score (nSPS) is 12.0. The minimum atomic E-state index is 1.17. The van der Waals surface area contributed by atoms with Crippen LogP contribution in [0.4, 0.5) is 0 Å². The average Bonchev–Trinajstić information content (AvgIpc) is 3.75. The maximum absolute atomic E-state index is 2.44. The maximum atomic E-state index is 2.44. The molecule has 7 aromatic carbocycles. The van der Waals surface area contributed by atoms with Crippen molar-refractivity contribution < 1.29 is 0 Å². The minimum Gasteiger partial charge on any atom is -0.309 e. The minimum absolute atomic E-state index is 1.17. The topological polar surface area (TPSA) is 9.86 Å². The lowest BCUT2D eigenvalue weighted by molar-refractivity contribution is 1.18. The molecule has 3 heteroatoms. The smallest absolute Gasteiger partial charge is 0.0547 e. The van der Waals surface area contributed by atoms with E-state index >= 15 is 0 Å². The fraction of sp³-hybridized carbons (Fsp3) is 0. The monoisotopic (exact) mass is 590 g/mol. The van der Waals surface area contributed by atoms with Crippen LogP contribution in [0.15, 0.2) is 158 Å². The zero-order chi connectivity index (χ0) is 29.5. The van der Waals surface area contributed by atoms with Gasteiger partial charge in [0.05, 0.1) is 22.1 Å². The second-order valence-corrected chi connectivity index (χ2v) is 12.9. The van der Waals surface area contributed by atoms with Gasteiger partial charge in [0.15, 0.2) is 0 Å². The molecule has 0 radical (unpaired) electrons. The van der Waals surface area contributed by atoms with E-state index < -0.39 is 0 Å². The largest absolute Gasteiger partial charge is 0.309 e. The summed E-state index contributed by atoms with van der Waals surface area (Å²) in [6.07, 6.45) is 0. The summed E-state index contributed by atoms with van der Waals surface area (Å²) in [5.74, 6) is 0. The Labute approximate surface area is 263 Å². The van der Waals surface area contributed by atoms with Crippen LogP contribution in [0.5, 0.6) is 0 Å². The van der Waals surface area contributed by atoms with Crippen LogP contribution in [0, 0.1) is 0 Å². The number of aromatic nitrogens is 2. The Balaban J connectivity index is 1.18. The molecule has 0 spiro atoms. The summed E-state index contributed by atoms with van der Waals surface area (Å²) < 4.78 is 7.48. The third kappa shape index (κ3) is 3.62. The first kappa shape index (κ1) is 24.8. The van der Waals surface area contributed by atoms with Gasteiger partial charge in [0, 0.05) is 53.1 Å². The highest BCUT2D eigenvalue weighted by molar-refractivity contribution is 7.25. The molecule has 0 aliphatic rings. The number of hydrogen-bond acceptors (Lipinski definition) is 1. The maximum Gasteiger partial charge on any atom is 0.0547 e. The van der Waals surface area contributed by atoms with Crippen molar-refractivity contribution in [1.82, 2.24) is 9.13 Å². The summed E-state index contributed by atoms with van der Waals surface area (Å²) in [7, 11) is 0. The summed E-state index contributed by atoms with van der Waals surface area (Å²) in [5, 5.41) is 7.75. The Morgan fingerprint density at radius 2 is 0.822 bits per heavy atom. The highest BCUT2D eigenvalue weighted by atomic mass is 32.1. The quantitative estimate of drug-likeness (QED) is 0.194. The van der Waals surface area contributed by atoms with E-state index in [0.717, 1.165) is 0 Å². The molecular weight excluding hydrogens is 565 g/mol. The van der Waals surface area contributed by atoms with Crippen LogP contribution in [-0.4, -0.2) is 9.13 Å². The van der Waals surface area contributed by atoms with Crippen molar-refractivity contribution >= 4 is 75.1 Å². The number of nitrogens with zero attached hydrogens (tertiary/aromatic N) is 2. The molecule has 0 atom stereocenters. The molecule has 45 heavy (non-hydrogen) atoms. The molecule has 10 aromatic rings. The molecule has 0 aliphatic carbocycles. The second kappa shape index (κ2) is 9.43. The predicted octanol–water partition coefficient (Wildman–Crippen LogP) is 11.9. The van der Waals surface area contributed by atoms with E-state index in [1.165, 1.54) is 86.3 Å². The van der Waals surface area contributed by atoms with Gasteiger partial charge in [-0.05, 0) is 65.7 Å². The highest BCUT2D eigenvalue weighted by Gasteiger charge is 2.16. The summed E-state index contributed by atoms with van der Waals surface area (Å²) in [6, 6.07) is 57.7. The molecule has 0 N–H and O–H groups in total. The molecule has 0 bridgehead atoms. The van der Waals surface area contributed by atoms with Gasteiger partial charge in [-0.3, -0.25) is 0 Å². The predicted molar refractivity (Wildman–Crippen MR) is 193 cm³/mol. The highest BCUT2D eigenvalue weighted by Crippen LogP contribution is 2.39. The lowest BCUT2D eigenvalue weighted by Gasteiger charge is -2.12. The van der Waals surface area contributed by atoms with E-state index in [4.69, 9.17) is 0 Å². The lowest BCUT2D eigenvalue weighted by Crippen LogP contribution is -1.95. The van der Waals surface area contributed by atoms with Crippen LogP contribution in [-0.2, 0) is 0 Å². The van der Waals surface area contributed by atoms with Gasteiger partial charge in [-0.15, -0.1) is 11.3 Å². The van der Waals surface area contributed by atoms with Crippen molar-refractivity contribution in [3.05, 3.63) is 158 Å². The third-order valence-electron chi connectivity index (χ3n) is 9.31. The van der Waals surface area contributed by atoms with Gasteiger partial charge < -0.3 is 9.13 Å². The van der Waals surface area contributed by atoms with E-state index in [-0.39, 0.29) is 0 Å². The number of hydrogen-bond donors (Lipinski definition) is 0. The summed E-state index contributed by atoms with van der Waals surface area (Å²) in [6.45, 7) is 0. The zero-order valence-electron chi connectivity index (χ0n) is 24.3. The molecule has 0 saturated heterocycles.